The van der Waals surface area contributed by atoms with Gasteiger partial charge in [-0.1, -0.05) is 49.7 Å². The molecule has 2 fully saturated rings. The van der Waals surface area contributed by atoms with Crippen LogP contribution in [0.2, 0.25) is 5.02 Å². The zero-order valence-corrected chi connectivity index (χ0v) is 23.3. The Morgan fingerprint density at radius 3 is 2.72 bits per heavy atom. The number of rotatable bonds is 6. The van der Waals surface area contributed by atoms with Crippen LogP contribution in [-0.2, 0) is 14.9 Å². The molecule has 8 heteroatoms. The molecule has 39 heavy (non-hydrogen) atoms. The number of nitrogens with zero attached hydrogens (tertiary/aromatic N) is 3. The number of benzene rings is 2. The maximum atomic E-state index is 14.9. The third-order valence-electron chi connectivity index (χ3n) is 8.68. The fourth-order valence-corrected chi connectivity index (χ4v) is 6.81. The lowest BCUT2D eigenvalue weighted by molar-refractivity contribution is -0.123. The van der Waals surface area contributed by atoms with Gasteiger partial charge in [0.25, 0.3) is 5.91 Å². The number of pyridine rings is 1. The first kappa shape index (κ1) is 26.2. The monoisotopic (exact) mass is 546 g/mol. The van der Waals surface area contributed by atoms with Crippen LogP contribution in [0.25, 0.3) is 10.8 Å². The van der Waals surface area contributed by atoms with Gasteiger partial charge in [0.1, 0.15) is 0 Å². The number of anilines is 1. The second-order valence-corrected chi connectivity index (χ2v) is 11.9. The Hall–Kier alpha value is -3.00. The van der Waals surface area contributed by atoms with E-state index in [1.165, 1.54) is 0 Å². The summed E-state index contributed by atoms with van der Waals surface area (Å²) >= 11 is 6.54. The smallest absolute Gasteiger partial charge is 0.254 e. The van der Waals surface area contributed by atoms with Crippen LogP contribution in [0.3, 0.4) is 0 Å². The first-order valence-electron chi connectivity index (χ1n) is 13.9. The van der Waals surface area contributed by atoms with Crippen molar-refractivity contribution in [1.29, 1.82) is 0 Å². The van der Waals surface area contributed by atoms with Gasteiger partial charge in [-0.3, -0.25) is 14.6 Å². The SMILES string of the molecule is CC(C)NC[C@H]1CN(c2cncc3ccccc23)C(=O)[C@]12CN(CC1CCOCC1)C(=O)c1ccc(Cl)cc12. The maximum Gasteiger partial charge on any atom is 0.254 e. The van der Waals surface area contributed by atoms with Crippen LogP contribution in [0, 0.1) is 11.8 Å². The number of hydrogen-bond acceptors (Lipinski definition) is 5. The van der Waals surface area contributed by atoms with Crippen molar-refractivity contribution >= 4 is 39.9 Å². The molecule has 2 amide bonds. The predicted octanol–water partition coefficient (Wildman–Crippen LogP) is 4.67. The fraction of sp³-hybridized carbons (Fsp3) is 0.452. The van der Waals surface area contributed by atoms with Crippen LogP contribution in [-0.4, -0.2) is 67.1 Å². The molecule has 7 nitrogen and oxygen atoms in total. The van der Waals surface area contributed by atoms with Gasteiger partial charge in [-0.05, 0) is 42.5 Å². The minimum Gasteiger partial charge on any atom is -0.381 e. The molecule has 2 atom stereocenters. The molecule has 0 radical (unpaired) electrons. The predicted molar refractivity (Wildman–Crippen MR) is 153 cm³/mol. The summed E-state index contributed by atoms with van der Waals surface area (Å²) in [4.78, 5) is 37.0. The first-order chi connectivity index (χ1) is 18.9. The Morgan fingerprint density at radius 1 is 1.13 bits per heavy atom. The zero-order chi connectivity index (χ0) is 27.1. The molecule has 1 spiro atoms. The van der Waals surface area contributed by atoms with E-state index >= 15 is 0 Å². The Balaban J connectivity index is 1.48. The molecule has 3 aromatic rings. The number of fused-ring (bicyclic) bond motifs is 3. The van der Waals surface area contributed by atoms with Crippen LogP contribution < -0.4 is 10.2 Å². The second-order valence-electron chi connectivity index (χ2n) is 11.5. The summed E-state index contributed by atoms with van der Waals surface area (Å²) in [5.74, 6) is 0.265. The van der Waals surface area contributed by atoms with E-state index in [-0.39, 0.29) is 23.8 Å². The van der Waals surface area contributed by atoms with Gasteiger partial charge < -0.3 is 19.9 Å². The molecule has 2 saturated heterocycles. The van der Waals surface area contributed by atoms with Crippen molar-refractivity contribution in [1.82, 2.24) is 15.2 Å². The quantitative estimate of drug-likeness (QED) is 0.486. The van der Waals surface area contributed by atoms with Crippen LogP contribution in [0.15, 0.2) is 54.9 Å². The molecule has 204 valence electrons. The van der Waals surface area contributed by atoms with Gasteiger partial charge >= 0.3 is 0 Å². The highest BCUT2D eigenvalue weighted by Crippen LogP contribution is 2.48. The van der Waals surface area contributed by atoms with E-state index in [0.717, 1.165) is 34.9 Å². The lowest BCUT2D eigenvalue weighted by Crippen LogP contribution is -2.58. The summed E-state index contributed by atoms with van der Waals surface area (Å²) in [5.41, 5.74) is 1.22. The standard InChI is InChI=1S/C31H35ClN4O3/c1-20(2)34-15-23-18-36(28-16-33-14-22-5-3-4-6-25(22)28)30(38)31(23)19-35(17-21-9-11-39-12-10-21)29(37)26-8-7-24(32)13-27(26)31/h3-8,13-14,16,20-21,23,34H,9-12,15,17-19H2,1-2H3/t23-,31+/m0/s1. The summed E-state index contributed by atoms with van der Waals surface area (Å²) in [7, 11) is 0. The fourth-order valence-electron chi connectivity index (χ4n) is 6.64. The minimum absolute atomic E-state index is 0.00389. The number of carbonyl (C=O) groups is 2. The summed E-state index contributed by atoms with van der Waals surface area (Å²) < 4.78 is 5.57. The molecule has 3 aliphatic rings. The van der Waals surface area contributed by atoms with Crippen molar-refractivity contribution in [2.75, 3.05) is 44.3 Å². The van der Waals surface area contributed by atoms with Crippen LogP contribution in [0.4, 0.5) is 5.69 Å². The van der Waals surface area contributed by atoms with E-state index in [4.69, 9.17) is 16.3 Å². The van der Waals surface area contributed by atoms with Crippen molar-refractivity contribution < 1.29 is 14.3 Å². The number of hydrogen-bond donors (Lipinski definition) is 1. The van der Waals surface area contributed by atoms with Crippen molar-refractivity contribution in [3.8, 4) is 0 Å². The van der Waals surface area contributed by atoms with Gasteiger partial charge in [0.2, 0.25) is 5.91 Å². The largest absolute Gasteiger partial charge is 0.381 e. The molecule has 1 aromatic heterocycles. The lowest BCUT2D eigenvalue weighted by Gasteiger charge is -2.44. The highest BCUT2D eigenvalue weighted by atomic mass is 35.5. The summed E-state index contributed by atoms with van der Waals surface area (Å²) in [6.07, 6.45) is 5.46. The first-order valence-corrected chi connectivity index (χ1v) is 14.3. The van der Waals surface area contributed by atoms with Crippen molar-refractivity contribution in [2.45, 2.75) is 38.1 Å². The molecule has 6 rings (SSSR count). The number of amides is 2. The molecule has 4 heterocycles. The summed E-state index contributed by atoms with van der Waals surface area (Å²) in [6, 6.07) is 13.7. The summed E-state index contributed by atoms with van der Waals surface area (Å²) in [6.45, 7) is 7.79. The highest BCUT2D eigenvalue weighted by molar-refractivity contribution is 6.31. The lowest BCUT2D eigenvalue weighted by atomic mass is 9.67. The van der Waals surface area contributed by atoms with Gasteiger partial charge in [0, 0.05) is 78.9 Å². The molecule has 0 aliphatic carbocycles. The number of carbonyl (C=O) groups excluding carboxylic acids is 2. The number of ether oxygens (including phenoxy) is 1. The molecular formula is C31H35ClN4O3. The third-order valence-corrected chi connectivity index (χ3v) is 8.91. The minimum atomic E-state index is -0.919. The van der Waals surface area contributed by atoms with E-state index in [9.17, 15) is 9.59 Å². The Morgan fingerprint density at radius 2 is 1.92 bits per heavy atom. The van der Waals surface area contributed by atoms with Crippen molar-refractivity contribution in [3.05, 3.63) is 71.0 Å². The van der Waals surface area contributed by atoms with E-state index in [1.54, 1.807) is 18.3 Å². The molecule has 1 N–H and O–H groups in total. The van der Waals surface area contributed by atoms with Crippen molar-refractivity contribution in [3.63, 3.8) is 0 Å². The average molecular weight is 547 g/mol. The summed E-state index contributed by atoms with van der Waals surface area (Å²) in [5, 5.41) is 6.11. The highest BCUT2D eigenvalue weighted by Gasteiger charge is 2.59. The molecule has 0 saturated carbocycles. The zero-order valence-electron chi connectivity index (χ0n) is 22.5. The molecule has 0 unspecified atom stereocenters. The van der Waals surface area contributed by atoms with Crippen LogP contribution in [0.1, 0.15) is 42.6 Å². The number of halogens is 1. The van der Waals surface area contributed by atoms with Crippen LogP contribution in [0.5, 0.6) is 0 Å². The average Bonchev–Trinajstić information content (AvgIpc) is 3.22. The van der Waals surface area contributed by atoms with E-state index in [2.05, 4.69) is 24.1 Å². The topological polar surface area (TPSA) is 74.8 Å². The van der Waals surface area contributed by atoms with E-state index < -0.39 is 5.41 Å². The van der Waals surface area contributed by atoms with Gasteiger partial charge in [-0.25, -0.2) is 0 Å². The van der Waals surface area contributed by atoms with Gasteiger partial charge in [0.05, 0.1) is 17.3 Å². The molecule has 3 aliphatic heterocycles. The van der Waals surface area contributed by atoms with E-state index in [0.29, 0.717) is 55.9 Å². The Bertz CT molecular complexity index is 1400. The van der Waals surface area contributed by atoms with Crippen LogP contribution >= 0.6 is 11.6 Å². The molecular weight excluding hydrogens is 512 g/mol. The third kappa shape index (κ3) is 4.60. The van der Waals surface area contributed by atoms with Gasteiger partial charge in [0.15, 0.2) is 0 Å². The normalized spacial score (nSPS) is 23.8. The van der Waals surface area contributed by atoms with Crippen molar-refractivity contribution in [2.24, 2.45) is 11.8 Å². The van der Waals surface area contributed by atoms with Gasteiger partial charge in [-0.15, -0.1) is 0 Å². The number of aromatic nitrogens is 1. The molecule has 0 bridgehead atoms. The van der Waals surface area contributed by atoms with E-state index in [1.807, 2.05) is 46.3 Å². The Kier molecular flexibility index (Phi) is 7.08. The maximum absolute atomic E-state index is 14.9. The molecule has 2 aromatic carbocycles. The number of nitrogens with one attached hydrogen (secondary N) is 1. The second kappa shape index (κ2) is 10.5. The Labute approximate surface area is 234 Å². The van der Waals surface area contributed by atoms with Gasteiger partial charge in [-0.2, -0.15) is 0 Å².